The van der Waals surface area contributed by atoms with Crippen LogP contribution in [0.1, 0.15) is 18.4 Å². The van der Waals surface area contributed by atoms with Crippen molar-refractivity contribution in [1.29, 1.82) is 0 Å². The standard InChI is InChI=1S/C24H23N3O3/c1-16-8-10-19(11-9-16)23-25-22(30-26-23)15-27(3)24(28)17(2)29-21-13-12-18-6-4-5-7-20(18)14-21/h4-14,17H,15H2,1-3H3. The van der Waals surface area contributed by atoms with Crippen molar-refractivity contribution in [2.75, 3.05) is 7.05 Å². The molecule has 0 saturated heterocycles. The van der Waals surface area contributed by atoms with Crippen molar-refractivity contribution < 1.29 is 14.1 Å². The summed E-state index contributed by atoms with van der Waals surface area (Å²) >= 11 is 0. The van der Waals surface area contributed by atoms with Crippen molar-refractivity contribution >= 4 is 16.7 Å². The molecule has 0 fully saturated rings. The van der Waals surface area contributed by atoms with Gasteiger partial charge in [-0.3, -0.25) is 4.79 Å². The number of hydrogen-bond donors (Lipinski definition) is 0. The fourth-order valence-electron chi connectivity index (χ4n) is 3.23. The molecule has 1 heterocycles. The van der Waals surface area contributed by atoms with Crippen LogP contribution in [0.3, 0.4) is 0 Å². The number of carbonyl (C=O) groups is 1. The fourth-order valence-corrected chi connectivity index (χ4v) is 3.23. The van der Waals surface area contributed by atoms with E-state index in [1.807, 2.05) is 73.7 Å². The molecule has 6 nitrogen and oxygen atoms in total. The molecule has 30 heavy (non-hydrogen) atoms. The average molecular weight is 401 g/mol. The van der Waals surface area contributed by atoms with Crippen molar-refractivity contribution in [3.63, 3.8) is 0 Å². The quantitative estimate of drug-likeness (QED) is 0.471. The summed E-state index contributed by atoms with van der Waals surface area (Å²) in [5, 5.41) is 6.21. The predicted molar refractivity (Wildman–Crippen MR) is 115 cm³/mol. The number of rotatable bonds is 6. The van der Waals surface area contributed by atoms with E-state index >= 15 is 0 Å². The predicted octanol–water partition coefficient (Wildman–Crippen LogP) is 4.62. The lowest BCUT2D eigenvalue weighted by atomic mass is 10.1. The summed E-state index contributed by atoms with van der Waals surface area (Å²) in [6, 6.07) is 21.7. The molecule has 0 N–H and O–H groups in total. The minimum absolute atomic E-state index is 0.168. The Morgan fingerprint density at radius 2 is 1.80 bits per heavy atom. The largest absolute Gasteiger partial charge is 0.481 e. The number of ether oxygens (including phenoxy) is 1. The molecular formula is C24H23N3O3. The molecule has 1 atom stereocenters. The van der Waals surface area contributed by atoms with Gasteiger partial charge in [0, 0.05) is 12.6 Å². The van der Waals surface area contributed by atoms with Crippen LogP contribution in [0.2, 0.25) is 0 Å². The first-order valence-corrected chi connectivity index (χ1v) is 9.79. The number of aromatic nitrogens is 2. The molecule has 0 spiro atoms. The van der Waals surface area contributed by atoms with Crippen LogP contribution in [0.5, 0.6) is 5.75 Å². The van der Waals surface area contributed by atoms with Crippen LogP contribution in [0.25, 0.3) is 22.2 Å². The minimum atomic E-state index is -0.643. The number of benzene rings is 3. The second kappa shape index (κ2) is 8.37. The van der Waals surface area contributed by atoms with Crippen molar-refractivity contribution in [2.45, 2.75) is 26.5 Å². The van der Waals surface area contributed by atoms with Gasteiger partial charge in [-0.15, -0.1) is 0 Å². The van der Waals surface area contributed by atoms with Crippen LogP contribution >= 0.6 is 0 Å². The molecule has 1 amide bonds. The number of hydrogen-bond acceptors (Lipinski definition) is 5. The SMILES string of the molecule is Cc1ccc(-c2noc(CN(C)C(=O)C(C)Oc3ccc4ccccc4c3)n2)cc1. The van der Waals surface area contributed by atoms with Crippen molar-refractivity contribution in [2.24, 2.45) is 0 Å². The van der Waals surface area contributed by atoms with Crippen LogP contribution in [-0.2, 0) is 11.3 Å². The maximum Gasteiger partial charge on any atom is 0.263 e. The molecule has 0 aliphatic rings. The van der Waals surface area contributed by atoms with Gasteiger partial charge in [0.05, 0.1) is 6.54 Å². The molecule has 0 radical (unpaired) electrons. The molecule has 4 aromatic rings. The second-order valence-corrected chi connectivity index (χ2v) is 7.34. The van der Waals surface area contributed by atoms with Crippen LogP contribution in [0.4, 0.5) is 0 Å². The first-order chi connectivity index (χ1) is 14.5. The van der Waals surface area contributed by atoms with Gasteiger partial charge in [-0.25, -0.2) is 0 Å². The van der Waals surface area contributed by atoms with Gasteiger partial charge < -0.3 is 14.2 Å². The van der Waals surface area contributed by atoms with Crippen LogP contribution in [0.15, 0.2) is 71.3 Å². The van der Waals surface area contributed by atoms with Gasteiger partial charge in [0.1, 0.15) is 5.75 Å². The maximum absolute atomic E-state index is 12.7. The van der Waals surface area contributed by atoms with Gasteiger partial charge in [-0.1, -0.05) is 65.3 Å². The highest BCUT2D eigenvalue weighted by atomic mass is 16.5. The Bertz CT molecular complexity index is 1170. The summed E-state index contributed by atoms with van der Waals surface area (Å²) in [5.41, 5.74) is 2.03. The third kappa shape index (κ3) is 4.33. The molecular weight excluding hydrogens is 378 g/mol. The number of amides is 1. The van der Waals surface area contributed by atoms with Gasteiger partial charge in [0.25, 0.3) is 5.91 Å². The number of likely N-dealkylation sites (N-methyl/N-ethyl adjacent to an activating group) is 1. The number of aryl methyl sites for hydroxylation is 1. The molecule has 152 valence electrons. The molecule has 0 aliphatic carbocycles. The number of nitrogens with zero attached hydrogens (tertiary/aromatic N) is 3. The average Bonchev–Trinajstić information content (AvgIpc) is 3.22. The van der Waals surface area contributed by atoms with Crippen molar-refractivity contribution in [3.05, 3.63) is 78.2 Å². The minimum Gasteiger partial charge on any atom is -0.481 e. The highest BCUT2D eigenvalue weighted by molar-refractivity contribution is 5.84. The van der Waals surface area contributed by atoms with E-state index in [9.17, 15) is 4.79 Å². The molecule has 0 aliphatic heterocycles. The monoisotopic (exact) mass is 401 g/mol. The van der Waals surface area contributed by atoms with E-state index in [0.717, 1.165) is 21.9 Å². The molecule has 0 bridgehead atoms. The summed E-state index contributed by atoms with van der Waals surface area (Å²) in [6.45, 7) is 3.97. The Morgan fingerprint density at radius 3 is 2.57 bits per heavy atom. The summed E-state index contributed by atoms with van der Waals surface area (Å²) in [7, 11) is 1.69. The van der Waals surface area contributed by atoms with Gasteiger partial charge in [0.2, 0.25) is 11.7 Å². The molecule has 6 heteroatoms. The zero-order chi connectivity index (χ0) is 21.1. The van der Waals surface area contributed by atoms with Gasteiger partial charge in [-0.2, -0.15) is 4.98 Å². The maximum atomic E-state index is 12.7. The van der Waals surface area contributed by atoms with Crippen LogP contribution < -0.4 is 4.74 Å². The lowest BCUT2D eigenvalue weighted by Crippen LogP contribution is -2.37. The van der Waals surface area contributed by atoms with E-state index in [2.05, 4.69) is 10.1 Å². The van der Waals surface area contributed by atoms with Crippen molar-refractivity contribution in [3.8, 4) is 17.1 Å². The normalized spacial score (nSPS) is 12.0. The molecule has 3 aromatic carbocycles. The Labute approximate surface area is 175 Å². The fraction of sp³-hybridized carbons (Fsp3) is 0.208. The lowest BCUT2D eigenvalue weighted by Gasteiger charge is -2.21. The topological polar surface area (TPSA) is 68.5 Å². The van der Waals surface area contributed by atoms with Gasteiger partial charge in [0.15, 0.2) is 6.10 Å². The third-order valence-corrected chi connectivity index (χ3v) is 4.91. The molecule has 1 unspecified atom stereocenters. The first-order valence-electron chi connectivity index (χ1n) is 9.79. The molecule has 4 rings (SSSR count). The van der Waals surface area contributed by atoms with Gasteiger partial charge in [-0.05, 0) is 36.8 Å². The molecule has 1 aromatic heterocycles. The van der Waals surface area contributed by atoms with E-state index in [-0.39, 0.29) is 12.5 Å². The van der Waals surface area contributed by atoms with E-state index in [1.165, 1.54) is 4.90 Å². The van der Waals surface area contributed by atoms with Crippen molar-refractivity contribution in [1.82, 2.24) is 15.0 Å². The molecule has 0 saturated carbocycles. The number of carbonyl (C=O) groups excluding carboxylic acids is 1. The summed E-state index contributed by atoms with van der Waals surface area (Å²) in [4.78, 5) is 18.7. The Balaban J connectivity index is 1.39. The Hall–Kier alpha value is -3.67. The van der Waals surface area contributed by atoms with E-state index in [1.54, 1.807) is 14.0 Å². The Kier molecular flexibility index (Phi) is 5.48. The second-order valence-electron chi connectivity index (χ2n) is 7.34. The Morgan fingerprint density at radius 1 is 1.07 bits per heavy atom. The van der Waals surface area contributed by atoms with Crippen LogP contribution in [0, 0.1) is 6.92 Å². The summed E-state index contributed by atoms with van der Waals surface area (Å²) in [6.07, 6.45) is -0.643. The van der Waals surface area contributed by atoms with E-state index in [0.29, 0.717) is 17.5 Å². The smallest absolute Gasteiger partial charge is 0.263 e. The lowest BCUT2D eigenvalue weighted by molar-refractivity contribution is -0.137. The highest BCUT2D eigenvalue weighted by Gasteiger charge is 2.21. The highest BCUT2D eigenvalue weighted by Crippen LogP contribution is 2.22. The summed E-state index contributed by atoms with van der Waals surface area (Å²) in [5.74, 6) is 1.37. The van der Waals surface area contributed by atoms with E-state index < -0.39 is 6.10 Å². The van der Waals surface area contributed by atoms with E-state index in [4.69, 9.17) is 9.26 Å². The zero-order valence-electron chi connectivity index (χ0n) is 17.2. The van der Waals surface area contributed by atoms with Gasteiger partial charge >= 0.3 is 0 Å². The number of fused-ring (bicyclic) bond motifs is 1. The zero-order valence-corrected chi connectivity index (χ0v) is 17.2. The van der Waals surface area contributed by atoms with Crippen LogP contribution in [-0.4, -0.2) is 34.1 Å². The first kappa shape index (κ1) is 19.6. The summed E-state index contributed by atoms with van der Waals surface area (Å²) < 4.78 is 11.2. The third-order valence-electron chi connectivity index (χ3n) is 4.91.